The summed E-state index contributed by atoms with van der Waals surface area (Å²) < 4.78 is 5.26. The number of halogens is 2. The molecule has 0 heterocycles. The molecule has 1 atom stereocenters. The Balaban J connectivity index is 2.18. The minimum Gasteiger partial charge on any atom is -0.497 e. The molecule has 19 heavy (non-hydrogen) atoms. The van der Waals surface area contributed by atoms with Crippen molar-refractivity contribution in [3.05, 3.63) is 64.7 Å². The van der Waals surface area contributed by atoms with E-state index < -0.39 is 0 Å². The van der Waals surface area contributed by atoms with Crippen LogP contribution in [-0.2, 0) is 6.42 Å². The molecule has 0 aliphatic heterocycles. The van der Waals surface area contributed by atoms with Crippen LogP contribution >= 0.6 is 27.5 Å². The minimum absolute atomic E-state index is 0.408. The van der Waals surface area contributed by atoms with Crippen molar-refractivity contribution < 1.29 is 4.74 Å². The maximum absolute atomic E-state index is 6.06. The van der Waals surface area contributed by atoms with Gasteiger partial charge in [0.05, 0.1) is 7.11 Å². The molecule has 2 aromatic carbocycles. The van der Waals surface area contributed by atoms with Crippen LogP contribution in [0.1, 0.15) is 17.0 Å². The fourth-order valence-corrected chi connectivity index (χ4v) is 2.91. The molecule has 0 amide bonds. The Morgan fingerprint density at radius 3 is 2.63 bits per heavy atom. The summed E-state index contributed by atoms with van der Waals surface area (Å²) in [5, 5.41) is 1.69. The van der Waals surface area contributed by atoms with E-state index in [0.717, 1.165) is 22.5 Å². The molecule has 0 aliphatic rings. The van der Waals surface area contributed by atoms with Gasteiger partial charge in [0.15, 0.2) is 0 Å². The van der Waals surface area contributed by atoms with Crippen LogP contribution in [0.4, 0.5) is 0 Å². The van der Waals surface area contributed by atoms with E-state index in [2.05, 4.69) is 34.1 Å². The highest BCUT2D eigenvalue weighted by molar-refractivity contribution is 9.09. The lowest BCUT2D eigenvalue weighted by Gasteiger charge is -2.15. The van der Waals surface area contributed by atoms with Crippen LogP contribution in [0.25, 0.3) is 0 Å². The van der Waals surface area contributed by atoms with Gasteiger partial charge in [-0.2, -0.15) is 0 Å². The number of rotatable bonds is 5. The summed E-state index contributed by atoms with van der Waals surface area (Å²) in [6.45, 7) is 0. The normalized spacial score (nSPS) is 12.2. The van der Waals surface area contributed by atoms with E-state index in [1.54, 1.807) is 7.11 Å². The summed E-state index contributed by atoms with van der Waals surface area (Å²) in [6.07, 6.45) is 0.961. The third-order valence-electron chi connectivity index (χ3n) is 3.12. The van der Waals surface area contributed by atoms with Crippen molar-refractivity contribution >= 4 is 27.5 Å². The zero-order valence-corrected chi connectivity index (χ0v) is 13.1. The molecule has 100 valence electrons. The van der Waals surface area contributed by atoms with Gasteiger partial charge < -0.3 is 4.74 Å². The van der Waals surface area contributed by atoms with Crippen molar-refractivity contribution in [2.45, 2.75) is 12.3 Å². The third kappa shape index (κ3) is 3.99. The molecule has 0 aliphatic carbocycles. The fourth-order valence-electron chi connectivity index (χ4n) is 2.11. The van der Waals surface area contributed by atoms with E-state index >= 15 is 0 Å². The number of hydrogen-bond acceptors (Lipinski definition) is 1. The first-order valence-electron chi connectivity index (χ1n) is 6.17. The van der Waals surface area contributed by atoms with Crippen LogP contribution in [0.15, 0.2) is 48.5 Å². The highest BCUT2D eigenvalue weighted by atomic mass is 79.9. The first-order valence-corrected chi connectivity index (χ1v) is 7.67. The van der Waals surface area contributed by atoms with Crippen LogP contribution in [0, 0.1) is 0 Å². The maximum Gasteiger partial charge on any atom is 0.119 e. The highest BCUT2D eigenvalue weighted by Crippen LogP contribution is 2.26. The number of alkyl halides is 1. The van der Waals surface area contributed by atoms with Gasteiger partial charge in [0.25, 0.3) is 0 Å². The average Bonchev–Trinajstić information content (AvgIpc) is 2.45. The Labute approximate surface area is 127 Å². The van der Waals surface area contributed by atoms with E-state index in [1.165, 1.54) is 11.1 Å². The second-order valence-electron chi connectivity index (χ2n) is 4.46. The number of methoxy groups -OCH3 is 1. The zero-order valence-electron chi connectivity index (χ0n) is 10.8. The minimum atomic E-state index is 0.408. The number of benzene rings is 2. The molecule has 0 aromatic heterocycles. The number of hydrogen-bond donors (Lipinski definition) is 0. The molecule has 2 aromatic rings. The monoisotopic (exact) mass is 338 g/mol. The van der Waals surface area contributed by atoms with Crippen molar-refractivity contribution in [1.82, 2.24) is 0 Å². The molecule has 0 spiro atoms. The molecule has 0 saturated heterocycles. The van der Waals surface area contributed by atoms with Gasteiger partial charge in [0.1, 0.15) is 5.75 Å². The van der Waals surface area contributed by atoms with Crippen LogP contribution in [-0.4, -0.2) is 12.4 Å². The molecular formula is C16H16BrClO. The fraction of sp³-hybridized carbons (Fsp3) is 0.250. The van der Waals surface area contributed by atoms with E-state index in [4.69, 9.17) is 16.3 Å². The standard InChI is InChI=1S/C16H16BrClO/c1-19-16-7-2-4-12(9-16)8-14(11-17)13-5-3-6-15(18)10-13/h2-7,9-10,14H,8,11H2,1H3. The topological polar surface area (TPSA) is 9.23 Å². The van der Waals surface area contributed by atoms with E-state index in [1.807, 2.05) is 30.3 Å². The van der Waals surface area contributed by atoms with Crippen molar-refractivity contribution in [2.24, 2.45) is 0 Å². The summed E-state index contributed by atoms with van der Waals surface area (Å²) in [5.41, 5.74) is 2.52. The molecule has 0 N–H and O–H groups in total. The van der Waals surface area contributed by atoms with Crippen LogP contribution < -0.4 is 4.74 Å². The molecule has 1 nitrogen and oxygen atoms in total. The van der Waals surface area contributed by atoms with Gasteiger partial charge in [0.2, 0.25) is 0 Å². The Morgan fingerprint density at radius 1 is 1.16 bits per heavy atom. The summed E-state index contributed by atoms with van der Waals surface area (Å²) in [4.78, 5) is 0. The largest absolute Gasteiger partial charge is 0.497 e. The van der Waals surface area contributed by atoms with Crippen molar-refractivity contribution in [2.75, 3.05) is 12.4 Å². The molecule has 3 heteroatoms. The highest BCUT2D eigenvalue weighted by Gasteiger charge is 2.12. The molecule has 1 unspecified atom stereocenters. The van der Waals surface area contributed by atoms with E-state index in [9.17, 15) is 0 Å². The second-order valence-corrected chi connectivity index (χ2v) is 5.55. The van der Waals surface area contributed by atoms with Gasteiger partial charge in [-0.1, -0.05) is 51.8 Å². The molecule has 2 rings (SSSR count). The van der Waals surface area contributed by atoms with Crippen molar-refractivity contribution in [3.8, 4) is 5.75 Å². The lowest BCUT2D eigenvalue weighted by Crippen LogP contribution is -2.04. The smallest absolute Gasteiger partial charge is 0.119 e. The van der Waals surface area contributed by atoms with Crippen molar-refractivity contribution in [1.29, 1.82) is 0 Å². The van der Waals surface area contributed by atoms with Gasteiger partial charge in [0, 0.05) is 10.4 Å². The van der Waals surface area contributed by atoms with Gasteiger partial charge in [-0.25, -0.2) is 0 Å². The lowest BCUT2D eigenvalue weighted by atomic mass is 9.94. The summed E-state index contributed by atoms with van der Waals surface area (Å²) in [6, 6.07) is 16.3. The molecule has 0 fully saturated rings. The lowest BCUT2D eigenvalue weighted by molar-refractivity contribution is 0.414. The quantitative estimate of drug-likeness (QED) is 0.691. The third-order valence-corrected chi connectivity index (χ3v) is 4.14. The van der Waals surface area contributed by atoms with Gasteiger partial charge in [-0.05, 0) is 47.7 Å². The van der Waals surface area contributed by atoms with E-state index in [-0.39, 0.29) is 0 Å². The predicted octanol–water partition coefficient (Wildman–Crippen LogP) is 5.07. The summed E-state index contributed by atoms with van der Waals surface area (Å²) >= 11 is 9.66. The Morgan fingerprint density at radius 2 is 1.95 bits per heavy atom. The molecule has 0 radical (unpaired) electrons. The zero-order chi connectivity index (χ0) is 13.7. The Hall–Kier alpha value is -0.990. The van der Waals surface area contributed by atoms with Crippen LogP contribution in [0.2, 0.25) is 5.02 Å². The second kappa shape index (κ2) is 6.97. The summed E-state index contributed by atoms with van der Waals surface area (Å²) in [5.74, 6) is 1.31. The molecule has 0 saturated carbocycles. The SMILES string of the molecule is COc1cccc(CC(CBr)c2cccc(Cl)c2)c1. The van der Waals surface area contributed by atoms with Gasteiger partial charge in [-0.15, -0.1) is 0 Å². The van der Waals surface area contributed by atoms with Crippen LogP contribution in [0.5, 0.6) is 5.75 Å². The van der Waals surface area contributed by atoms with Gasteiger partial charge in [-0.3, -0.25) is 0 Å². The van der Waals surface area contributed by atoms with Gasteiger partial charge >= 0.3 is 0 Å². The summed E-state index contributed by atoms with van der Waals surface area (Å²) in [7, 11) is 1.69. The van der Waals surface area contributed by atoms with Crippen LogP contribution in [0.3, 0.4) is 0 Å². The molecule has 0 bridgehead atoms. The number of ether oxygens (including phenoxy) is 1. The molecular weight excluding hydrogens is 324 g/mol. The van der Waals surface area contributed by atoms with E-state index in [0.29, 0.717) is 5.92 Å². The van der Waals surface area contributed by atoms with Crippen molar-refractivity contribution in [3.63, 3.8) is 0 Å². The maximum atomic E-state index is 6.06. The Bertz CT molecular complexity index is 542. The average molecular weight is 340 g/mol. The Kier molecular flexibility index (Phi) is 5.29. The first kappa shape index (κ1) is 14.4. The first-order chi connectivity index (χ1) is 9.22. The predicted molar refractivity (Wildman–Crippen MR) is 84.7 cm³/mol.